The maximum atomic E-state index is 11.5. The van der Waals surface area contributed by atoms with E-state index in [1.165, 1.54) is 0 Å². The predicted molar refractivity (Wildman–Crippen MR) is 95.1 cm³/mol. The first-order valence-corrected chi connectivity index (χ1v) is 11.0. The molecule has 6 heteroatoms. The van der Waals surface area contributed by atoms with Crippen LogP contribution in [0, 0.1) is 28.6 Å². The van der Waals surface area contributed by atoms with E-state index in [-0.39, 0.29) is 34.4 Å². The Bertz CT molecular complexity index is 528. The molecule has 0 aromatic carbocycles. The topological polar surface area (TPSA) is 98.0 Å². The lowest BCUT2D eigenvalue weighted by Gasteiger charge is -2.63. The van der Waals surface area contributed by atoms with Crippen molar-refractivity contribution in [2.24, 2.45) is 28.6 Å². The van der Waals surface area contributed by atoms with E-state index in [1.807, 2.05) is 0 Å². The average Bonchev–Trinajstić information content (AvgIpc) is 2.38. The van der Waals surface area contributed by atoms with Gasteiger partial charge in [-0.25, -0.2) is 4.21 Å². The normalized spacial score (nSPS) is 54.4. The quantitative estimate of drug-likeness (QED) is 0.535. The lowest BCUT2D eigenvalue weighted by molar-refractivity contribution is -0.161. The smallest absolute Gasteiger partial charge is 0.156 e. The Morgan fingerprint density at radius 2 is 1.44 bits per heavy atom. The molecule has 25 heavy (non-hydrogen) atoms. The van der Waals surface area contributed by atoms with E-state index in [1.54, 1.807) is 0 Å². The molecule has 5 nitrogen and oxygen atoms in total. The summed E-state index contributed by atoms with van der Waals surface area (Å²) in [6.07, 6.45) is 7.10. The predicted octanol–water partition coefficient (Wildman–Crippen LogP) is 2.07. The zero-order valence-corrected chi connectivity index (χ0v) is 15.8. The first-order valence-electron chi connectivity index (χ1n) is 9.88. The van der Waals surface area contributed by atoms with Crippen LogP contribution in [-0.2, 0) is 11.1 Å². The fraction of sp³-hybridized carbons (Fsp3) is 1.00. The van der Waals surface area contributed by atoms with E-state index >= 15 is 0 Å². The zero-order valence-electron chi connectivity index (χ0n) is 15.0. The summed E-state index contributed by atoms with van der Waals surface area (Å²) in [5.74, 6) is 1.40. The van der Waals surface area contributed by atoms with Crippen molar-refractivity contribution in [3.05, 3.63) is 0 Å². The van der Waals surface area contributed by atoms with E-state index < -0.39 is 11.1 Å². The maximum Gasteiger partial charge on any atom is 0.156 e. The SMILES string of the molecule is CC(CC1(C2CC(O)C2)CC(O)C1)C1(C2CC(O)C2)CC(S(=O)O)C1. The highest BCUT2D eigenvalue weighted by atomic mass is 32.2. The van der Waals surface area contributed by atoms with Crippen LogP contribution >= 0.6 is 0 Å². The molecule has 2 unspecified atom stereocenters. The van der Waals surface area contributed by atoms with Gasteiger partial charge in [0.2, 0.25) is 0 Å². The third-order valence-corrected chi connectivity index (χ3v) is 9.29. The van der Waals surface area contributed by atoms with Crippen molar-refractivity contribution in [2.45, 2.75) is 88.3 Å². The van der Waals surface area contributed by atoms with Crippen LogP contribution in [0.25, 0.3) is 0 Å². The summed E-state index contributed by atoms with van der Waals surface area (Å²) in [4.78, 5) is 0. The Morgan fingerprint density at radius 3 is 1.88 bits per heavy atom. The minimum atomic E-state index is -1.75. The van der Waals surface area contributed by atoms with Crippen LogP contribution in [0.3, 0.4) is 0 Å². The van der Waals surface area contributed by atoms with Gasteiger partial charge >= 0.3 is 0 Å². The molecule has 0 spiro atoms. The molecule has 4 rings (SSSR count). The van der Waals surface area contributed by atoms with E-state index in [2.05, 4.69) is 6.92 Å². The fourth-order valence-corrected chi connectivity index (χ4v) is 7.48. The van der Waals surface area contributed by atoms with Gasteiger partial charge in [-0.1, -0.05) is 6.92 Å². The molecule has 4 fully saturated rings. The second kappa shape index (κ2) is 6.26. The molecule has 0 saturated heterocycles. The Kier molecular flexibility index (Phi) is 4.60. The van der Waals surface area contributed by atoms with Gasteiger partial charge in [-0.2, -0.15) is 0 Å². The summed E-state index contributed by atoms with van der Waals surface area (Å²) in [7, 11) is 0. The molecule has 4 aliphatic carbocycles. The number of hydrogen-bond donors (Lipinski definition) is 4. The van der Waals surface area contributed by atoms with Crippen molar-refractivity contribution in [3.63, 3.8) is 0 Å². The Morgan fingerprint density at radius 1 is 0.920 bits per heavy atom. The summed E-state index contributed by atoms with van der Waals surface area (Å²) in [6, 6.07) is 0. The van der Waals surface area contributed by atoms with Crippen molar-refractivity contribution in [3.8, 4) is 0 Å². The molecule has 0 aliphatic heterocycles. The Hall–Kier alpha value is -0.0100. The highest BCUT2D eigenvalue weighted by molar-refractivity contribution is 7.79. The first kappa shape index (κ1) is 18.4. The second-order valence-corrected chi connectivity index (χ2v) is 10.9. The molecular weight excluding hydrogens is 340 g/mol. The van der Waals surface area contributed by atoms with E-state index in [4.69, 9.17) is 0 Å². The van der Waals surface area contributed by atoms with E-state index in [9.17, 15) is 24.1 Å². The molecule has 0 heterocycles. The summed E-state index contributed by atoms with van der Waals surface area (Å²) >= 11 is -1.75. The van der Waals surface area contributed by atoms with Gasteiger partial charge in [0.1, 0.15) is 0 Å². The van der Waals surface area contributed by atoms with Crippen molar-refractivity contribution in [1.82, 2.24) is 0 Å². The molecule has 0 aromatic heterocycles. The standard InChI is InChI=1S/C19H32O5S/c1-11(6-18(7-16(22)8-18)12-2-14(20)3-12)19(13-4-15(21)5-13)9-17(10-19)25(23)24/h11-17,20-22H,2-10H2,1H3,(H,23,24). The summed E-state index contributed by atoms with van der Waals surface area (Å²) in [6.45, 7) is 2.28. The summed E-state index contributed by atoms with van der Waals surface area (Å²) < 4.78 is 20.9. The van der Waals surface area contributed by atoms with Crippen LogP contribution in [0.1, 0.15) is 64.7 Å². The molecule has 0 bridgehead atoms. The summed E-state index contributed by atoms with van der Waals surface area (Å²) in [5.41, 5.74) is 0.231. The lowest BCUT2D eigenvalue weighted by Crippen LogP contribution is -2.59. The Labute approximate surface area is 152 Å². The fourth-order valence-electron chi connectivity index (χ4n) is 6.57. The Balaban J connectivity index is 1.47. The molecule has 2 atom stereocenters. The largest absolute Gasteiger partial charge is 0.393 e. The number of hydrogen-bond acceptors (Lipinski definition) is 4. The molecular formula is C19H32O5S. The van der Waals surface area contributed by atoms with Crippen molar-refractivity contribution >= 4 is 11.1 Å². The minimum absolute atomic E-state index is 0.0815. The van der Waals surface area contributed by atoms with Gasteiger partial charge in [-0.15, -0.1) is 0 Å². The van der Waals surface area contributed by atoms with Crippen molar-refractivity contribution in [2.75, 3.05) is 0 Å². The molecule has 4 N–H and O–H groups in total. The van der Waals surface area contributed by atoms with Gasteiger partial charge in [-0.05, 0) is 86.4 Å². The van der Waals surface area contributed by atoms with Crippen LogP contribution in [0.15, 0.2) is 0 Å². The number of rotatable bonds is 6. The van der Waals surface area contributed by atoms with Crippen LogP contribution in [0.4, 0.5) is 0 Å². The van der Waals surface area contributed by atoms with Gasteiger partial charge in [0, 0.05) is 0 Å². The van der Waals surface area contributed by atoms with E-state index in [0.29, 0.717) is 17.8 Å². The van der Waals surface area contributed by atoms with Gasteiger partial charge < -0.3 is 19.9 Å². The molecule has 144 valence electrons. The van der Waals surface area contributed by atoms with Gasteiger partial charge in [0.15, 0.2) is 11.1 Å². The van der Waals surface area contributed by atoms with Gasteiger partial charge in [0.05, 0.1) is 23.6 Å². The van der Waals surface area contributed by atoms with Gasteiger partial charge in [0.25, 0.3) is 0 Å². The maximum absolute atomic E-state index is 11.5. The third kappa shape index (κ3) is 2.92. The third-order valence-electron chi connectivity index (χ3n) is 8.38. The van der Waals surface area contributed by atoms with Crippen molar-refractivity contribution < 1.29 is 24.1 Å². The number of aliphatic hydroxyl groups excluding tert-OH is 3. The minimum Gasteiger partial charge on any atom is -0.393 e. The monoisotopic (exact) mass is 372 g/mol. The zero-order chi connectivity index (χ0) is 18.0. The molecule has 0 aromatic rings. The van der Waals surface area contributed by atoms with Crippen LogP contribution in [-0.4, -0.2) is 47.6 Å². The average molecular weight is 373 g/mol. The molecule has 0 amide bonds. The second-order valence-electron chi connectivity index (χ2n) is 9.71. The summed E-state index contributed by atoms with van der Waals surface area (Å²) in [5, 5.41) is 29.3. The van der Waals surface area contributed by atoms with Gasteiger partial charge in [-0.3, -0.25) is 0 Å². The van der Waals surface area contributed by atoms with E-state index in [0.717, 1.165) is 57.8 Å². The highest BCUT2D eigenvalue weighted by Crippen LogP contribution is 2.65. The number of aliphatic hydroxyl groups is 3. The van der Waals surface area contributed by atoms with Crippen LogP contribution < -0.4 is 0 Å². The molecule has 4 saturated carbocycles. The van der Waals surface area contributed by atoms with Crippen molar-refractivity contribution in [1.29, 1.82) is 0 Å². The lowest BCUT2D eigenvalue weighted by atomic mass is 9.44. The van der Waals surface area contributed by atoms with Crippen LogP contribution in [0.5, 0.6) is 0 Å². The molecule has 0 radical (unpaired) electrons. The first-order chi connectivity index (χ1) is 11.7. The highest BCUT2D eigenvalue weighted by Gasteiger charge is 2.60. The van der Waals surface area contributed by atoms with Crippen LogP contribution in [0.2, 0.25) is 0 Å². The molecule has 4 aliphatic rings.